The molecule has 1 aromatic heterocycles. The van der Waals surface area contributed by atoms with Crippen molar-refractivity contribution >= 4 is 5.91 Å². The van der Waals surface area contributed by atoms with Gasteiger partial charge in [0.25, 0.3) is 0 Å². The minimum Gasteiger partial charge on any atom is -0.351 e. The van der Waals surface area contributed by atoms with E-state index < -0.39 is 0 Å². The number of benzene rings is 1. The van der Waals surface area contributed by atoms with E-state index in [-0.39, 0.29) is 11.8 Å². The fourth-order valence-corrected chi connectivity index (χ4v) is 2.50. The van der Waals surface area contributed by atoms with Gasteiger partial charge in [-0.1, -0.05) is 35.0 Å². The molecule has 2 aromatic rings. The van der Waals surface area contributed by atoms with Crippen molar-refractivity contribution in [2.45, 2.75) is 26.3 Å². The smallest absolute Gasteiger partial charge is 0.234 e. The number of hydrogen-bond donors (Lipinski definition) is 1. The molecule has 0 atom stereocenters. The second-order valence-electron chi connectivity index (χ2n) is 5.83. The fraction of sp³-hybridized carbons (Fsp3) is 0.438. The summed E-state index contributed by atoms with van der Waals surface area (Å²) < 4.78 is 5.15. The molecule has 1 aliphatic rings. The molecule has 1 amide bonds. The van der Waals surface area contributed by atoms with Gasteiger partial charge in [0.1, 0.15) is 0 Å². The predicted molar refractivity (Wildman–Crippen MR) is 81.2 cm³/mol. The molecule has 22 heavy (non-hydrogen) atoms. The fourth-order valence-electron chi connectivity index (χ4n) is 2.50. The average molecular weight is 300 g/mol. The van der Waals surface area contributed by atoms with Crippen molar-refractivity contribution in [3.05, 3.63) is 47.1 Å². The lowest BCUT2D eigenvalue weighted by Gasteiger charge is -2.36. The molecule has 1 N–H and O–H groups in total. The average Bonchev–Trinajstić information content (AvgIpc) is 2.88. The molecule has 0 aliphatic carbocycles. The molecule has 0 unspecified atom stereocenters. The summed E-state index contributed by atoms with van der Waals surface area (Å²) >= 11 is 0. The van der Waals surface area contributed by atoms with Crippen LogP contribution in [0.2, 0.25) is 0 Å². The first-order valence-corrected chi connectivity index (χ1v) is 7.45. The predicted octanol–water partition coefficient (Wildman–Crippen LogP) is 1.40. The van der Waals surface area contributed by atoms with E-state index in [1.165, 1.54) is 5.56 Å². The van der Waals surface area contributed by atoms with Crippen LogP contribution in [0.5, 0.6) is 0 Å². The van der Waals surface area contributed by atoms with Gasteiger partial charge in [-0.15, -0.1) is 0 Å². The Balaban J connectivity index is 1.39. The number of hydrogen-bond acceptors (Lipinski definition) is 5. The van der Waals surface area contributed by atoms with Crippen LogP contribution >= 0.6 is 0 Å². The Bertz CT molecular complexity index is 644. The summed E-state index contributed by atoms with van der Waals surface area (Å²) in [6.07, 6.45) is 0. The van der Waals surface area contributed by atoms with Gasteiger partial charge in [-0.25, -0.2) is 0 Å². The molecular formula is C16H20N4O2. The van der Waals surface area contributed by atoms with Gasteiger partial charge in [0.15, 0.2) is 5.82 Å². The molecule has 3 rings (SSSR count). The Morgan fingerprint density at radius 3 is 2.68 bits per heavy atom. The first-order chi connectivity index (χ1) is 10.6. The summed E-state index contributed by atoms with van der Waals surface area (Å²) in [6, 6.07) is 8.17. The van der Waals surface area contributed by atoms with Crippen molar-refractivity contribution in [1.82, 2.24) is 20.4 Å². The standard InChI is InChI=1S/C16H20N4O2/c1-11-3-5-13(6-4-11)7-17-15(21)10-20-8-14(9-20)16-18-12(2)19-22-16/h3-6,14H,7-10H2,1-2H3,(H,17,21). The van der Waals surface area contributed by atoms with E-state index in [4.69, 9.17) is 4.52 Å². The molecule has 2 heterocycles. The highest BCUT2D eigenvalue weighted by Crippen LogP contribution is 2.24. The van der Waals surface area contributed by atoms with Crippen molar-refractivity contribution in [2.24, 2.45) is 0 Å². The number of rotatable bonds is 5. The van der Waals surface area contributed by atoms with E-state index in [2.05, 4.69) is 20.4 Å². The van der Waals surface area contributed by atoms with Crippen molar-refractivity contribution in [1.29, 1.82) is 0 Å². The maximum absolute atomic E-state index is 11.9. The number of carbonyl (C=O) groups is 1. The molecule has 0 radical (unpaired) electrons. The highest BCUT2D eigenvalue weighted by Gasteiger charge is 2.33. The summed E-state index contributed by atoms with van der Waals surface area (Å²) in [5.41, 5.74) is 2.33. The third-order valence-corrected chi connectivity index (χ3v) is 3.83. The number of carbonyl (C=O) groups excluding carboxylic acids is 1. The number of likely N-dealkylation sites (tertiary alicyclic amines) is 1. The van der Waals surface area contributed by atoms with Crippen LogP contribution in [0.1, 0.15) is 28.8 Å². The molecule has 0 spiro atoms. The lowest BCUT2D eigenvalue weighted by Crippen LogP contribution is -2.49. The van der Waals surface area contributed by atoms with Gasteiger partial charge in [0.05, 0.1) is 12.5 Å². The molecule has 1 aromatic carbocycles. The van der Waals surface area contributed by atoms with Gasteiger partial charge in [-0.05, 0) is 19.4 Å². The second kappa shape index (κ2) is 6.27. The lowest BCUT2D eigenvalue weighted by molar-refractivity contribution is -0.123. The van der Waals surface area contributed by atoms with Gasteiger partial charge >= 0.3 is 0 Å². The molecule has 6 nitrogen and oxygen atoms in total. The second-order valence-corrected chi connectivity index (χ2v) is 5.83. The number of aromatic nitrogens is 2. The van der Waals surface area contributed by atoms with Crippen LogP contribution in [0.25, 0.3) is 0 Å². The van der Waals surface area contributed by atoms with E-state index >= 15 is 0 Å². The zero-order chi connectivity index (χ0) is 15.5. The Kier molecular flexibility index (Phi) is 4.20. The number of nitrogens with zero attached hydrogens (tertiary/aromatic N) is 3. The van der Waals surface area contributed by atoms with E-state index in [0.717, 1.165) is 18.7 Å². The van der Waals surface area contributed by atoms with Gasteiger partial charge in [0, 0.05) is 19.6 Å². The largest absolute Gasteiger partial charge is 0.351 e. The van der Waals surface area contributed by atoms with Crippen LogP contribution in [0.3, 0.4) is 0 Å². The number of aryl methyl sites for hydroxylation is 2. The summed E-state index contributed by atoms with van der Waals surface area (Å²) in [6.45, 7) is 6.42. The summed E-state index contributed by atoms with van der Waals surface area (Å²) in [5.74, 6) is 1.63. The molecule has 1 fully saturated rings. The van der Waals surface area contributed by atoms with Crippen molar-refractivity contribution < 1.29 is 9.32 Å². The quantitative estimate of drug-likeness (QED) is 0.904. The van der Waals surface area contributed by atoms with Crippen LogP contribution in [0.4, 0.5) is 0 Å². The van der Waals surface area contributed by atoms with Gasteiger partial charge in [-0.2, -0.15) is 4.98 Å². The van der Waals surface area contributed by atoms with E-state index in [9.17, 15) is 4.79 Å². The minimum atomic E-state index is 0.0423. The summed E-state index contributed by atoms with van der Waals surface area (Å²) in [7, 11) is 0. The van der Waals surface area contributed by atoms with Crippen molar-refractivity contribution in [2.75, 3.05) is 19.6 Å². The monoisotopic (exact) mass is 300 g/mol. The van der Waals surface area contributed by atoms with Crippen LogP contribution < -0.4 is 5.32 Å². The minimum absolute atomic E-state index is 0.0423. The molecule has 1 aliphatic heterocycles. The first-order valence-electron chi connectivity index (χ1n) is 7.45. The molecule has 6 heteroatoms. The lowest BCUT2D eigenvalue weighted by atomic mass is 10.0. The van der Waals surface area contributed by atoms with E-state index in [1.807, 2.05) is 38.1 Å². The maximum atomic E-state index is 11.9. The molecule has 116 valence electrons. The SMILES string of the molecule is Cc1ccc(CNC(=O)CN2CC(c3nc(C)no3)C2)cc1. The summed E-state index contributed by atoms with van der Waals surface area (Å²) in [5, 5.41) is 6.73. The Morgan fingerprint density at radius 2 is 2.05 bits per heavy atom. The van der Waals surface area contributed by atoms with Crippen LogP contribution in [-0.4, -0.2) is 40.6 Å². The maximum Gasteiger partial charge on any atom is 0.234 e. The zero-order valence-corrected chi connectivity index (χ0v) is 12.9. The zero-order valence-electron chi connectivity index (χ0n) is 12.9. The Hall–Kier alpha value is -2.21. The molecule has 1 saturated heterocycles. The first kappa shape index (κ1) is 14.7. The number of nitrogens with one attached hydrogen (secondary N) is 1. The van der Waals surface area contributed by atoms with Crippen molar-refractivity contribution in [3.63, 3.8) is 0 Å². The molecule has 0 saturated carbocycles. The van der Waals surface area contributed by atoms with E-state index in [0.29, 0.717) is 24.8 Å². The van der Waals surface area contributed by atoms with Crippen molar-refractivity contribution in [3.8, 4) is 0 Å². The van der Waals surface area contributed by atoms with E-state index in [1.54, 1.807) is 0 Å². The number of amides is 1. The third kappa shape index (κ3) is 3.51. The Labute approximate surface area is 129 Å². The van der Waals surface area contributed by atoms with Gasteiger partial charge < -0.3 is 9.84 Å². The Morgan fingerprint density at radius 1 is 1.32 bits per heavy atom. The molecular weight excluding hydrogens is 280 g/mol. The highest BCUT2D eigenvalue weighted by atomic mass is 16.5. The van der Waals surface area contributed by atoms with Gasteiger partial charge in [0.2, 0.25) is 11.8 Å². The summed E-state index contributed by atoms with van der Waals surface area (Å²) in [4.78, 5) is 18.2. The van der Waals surface area contributed by atoms with Crippen LogP contribution in [0, 0.1) is 13.8 Å². The highest BCUT2D eigenvalue weighted by molar-refractivity contribution is 5.78. The van der Waals surface area contributed by atoms with Crippen LogP contribution in [-0.2, 0) is 11.3 Å². The topological polar surface area (TPSA) is 71.3 Å². The normalized spacial score (nSPS) is 15.5. The van der Waals surface area contributed by atoms with Gasteiger partial charge in [-0.3, -0.25) is 9.69 Å². The van der Waals surface area contributed by atoms with Crippen LogP contribution in [0.15, 0.2) is 28.8 Å². The third-order valence-electron chi connectivity index (χ3n) is 3.83. The molecule has 0 bridgehead atoms.